The van der Waals surface area contributed by atoms with Gasteiger partial charge in [0.15, 0.2) is 51.9 Å². The highest BCUT2D eigenvalue weighted by Crippen LogP contribution is 2.49. The number of imidazole rings is 1. The lowest BCUT2D eigenvalue weighted by Gasteiger charge is -2.43. The lowest BCUT2D eigenvalue weighted by Crippen LogP contribution is -2.50. The second kappa shape index (κ2) is 21.0. The number of fused-ring (bicyclic) bond motifs is 6. The van der Waals surface area contributed by atoms with Crippen molar-refractivity contribution in [3.8, 4) is 0 Å². The number of ether oxygens (including phenoxy) is 4. The quantitative estimate of drug-likeness (QED) is 0.0474. The van der Waals surface area contributed by atoms with Crippen LogP contribution >= 0.6 is 0 Å². The fourth-order valence-corrected chi connectivity index (χ4v) is 12.2. The first-order valence-corrected chi connectivity index (χ1v) is 32.1. The van der Waals surface area contributed by atoms with Crippen molar-refractivity contribution in [1.82, 2.24) is 19.5 Å². The standard InChI is InChI=1S/C61H67N5O9Si2/c1-60(2,3)76(7,8)70-35-46-45(75-77(9,10)61(4,5)6)34-47(71-46)66-37-64-51-55(62-36-63-56(51)66)65-50-49-44(33-32-39-31-30-38-22-20-21-29-43(38)48(39)49)52(72-57(67)40-23-14-11-15-24-40)54(74-59(69)42-27-18-13-19-28-42)53(50)73-58(68)41-25-16-12-17-26-41/h11-33,36-37,45-47,50,52-54H,34-35H2,1-10H3,(H,62,63,65)/t45-,46+,47+,50?,52+,53?,54-/m0/s1. The minimum atomic E-state index is -2.28. The maximum absolute atomic E-state index is 14.7. The number of nitrogens with one attached hydrogen (secondary N) is 1. The first kappa shape index (κ1) is 53.3. The Morgan fingerprint density at radius 1 is 0.636 bits per heavy atom. The molecule has 1 N–H and O–H groups in total. The number of anilines is 1. The van der Waals surface area contributed by atoms with Crippen LogP contribution in [0.5, 0.6) is 0 Å². The molecular weight excluding hydrogens is 1000 g/mol. The zero-order valence-electron chi connectivity index (χ0n) is 45.4. The van der Waals surface area contributed by atoms with E-state index < -0.39 is 65.1 Å². The molecule has 2 aromatic heterocycles. The van der Waals surface area contributed by atoms with Crippen LogP contribution in [0.3, 0.4) is 0 Å². The van der Waals surface area contributed by atoms with Crippen molar-refractivity contribution in [1.29, 1.82) is 0 Å². The van der Waals surface area contributed by atoms with Crippen molar-refractivity contribution in [2.24, 2.45) is 0 Å². The second-order valence-corrected chi connectivity index (χ2v) is 32.7. The van der Waals surface area contributed by atoms with Crippen molar-refractivity contribution in [3.63, 3.8) is 0 Å². The van der Waals surface area contributed by atoms with Gasteiger partial charge in [0, 0.05) is 12.0 Å². The van der Waals surface area contributed by atoms with Crippen LogP contribution in [0.2, 0.25) is 36.3 Å². The van der Waals surface area contributed by atoms with Crippen molar-refractivity contribution < 1.29 is 42.2 Å². The molecule has 1 fully saturated rings. The van der Waals surface area contributed by atoms with Crippen LogP contribution in [0.4, 0.5) is 5.82 Å². The molecule has 0 spiro atoms. The van der Waals surface area contributed by atoms with Gasteiger partial charge in [0.25, 0.3) is 0 Å². The van der Waals surface area contributed by atoms with E-state index in [1.165, 1.54) is 6.33 Å². The zero-order valence-corrected chi connectivity index (χ0v) is 47.4. The van der Waals surface area contributed by atoms with E-state index in [1.54, 1.807) is 91.3 Å². The van der Waals surface area contributed by atoms with E-state index in [2.05, 4.69) is 79.1 Å². The molecule has 6 aromatic carbocycles. The summed E-state index contributed by atoms with van der Waals surface area (Å²) in [6, 6.07) is 40.6. The summed E-state index contributed by atoms with van der Waals surface area (Å²) in [5, 5.41) is 7.17. The van der Waals surface area contributed by atoms with Crippen molar-refractivity contribution in [2.75, 3.05) is 11.9 Å². The smallest absolute Gasteiger partial charge is 0.338 e. The van der Waals surface area contributed by atoms with E-state index in [-0.39, 0.29) is 39.0 Å². The number of aromatic nitrogens is 4. The van der Waals surface area contributed by atoms with Crippen molar-refractivity contribution in [3.05, 3.63) is 180 Å². The summed E-state index contributed by atoms with van der Waals surface area (Å²) in [5.74, 6) is -1.76. The number of rotatable bonds is 14. The van der Waals surface area contributed by atoms with Crippen LogP contribution in [0.15, 0.2) is 152 Å². The van der Waals surface area contributed by atoms with Gasteiger partial charge >= 0.3 is 17.9 Å². The molecule has 2 aliphatic rings. The maximum atomic E-state index is 14.7. The highest BCUT2D eigenvalue weighted by molar-refractivity contribution is 6.74. The SMILES string of the molecule is CC(C)(C)[Si](C)(C)OC[C@H]1O[C@@H](n2cnc3c(NC4c5c(ccc6ccc7ccccc7c56)[C@@H](OC(=O)c5ccccc5)[C@H](OC(=O)c5ccccc5)C4OC(=O)c4ccccc4)ncnc32)C[C@@H]1O[Si](C)(C)C(C)(C)C. The van der Waals surface area contributed by atoms with Crippen LogP contribution in [0.1, 0.15) is 109 Å². The topological polar surface area (TPSA) is 162 Å². The van der Waals surface area contributed by atoms with Gasteiger partial charge in [-0.25, -0.2) is 29.3 Å². The first-order chi connectivity index (χ1) is 36.7. The van der Waals surface area contributed by atoms with E-state index in [0.717, 1.165) is 21.5 Å². The highest BCUT2D eigenvalue weighted by Gasteiger charge is 2.52. The monoisotopic (exact) mass is 1070 g/mol. The second-order valence-electron chi connectivity index (χ2n) is 23.1. The lowest BCUT2D eigenvalue weighted by atomic mass is 9.77. The van der Waals surface area contributed by atoms with Crippen LogP contribution < -0.4 is 5.32 Å². The molecular formula is C61H67N5O9Si2. The molecule has 1 aliphatic carbocycles. The zero-order chi connectivity index (χ0) is 54.4. The molecule has 2 unspecified atom stereocenters. The molecule has 0 radical (unpaired) electrons. The summed E-state index contributed by atoms with van der Waals surface area (Å²) in [6.07, 6.45) is -1.52. The summed E-state index contributed by atoms with van der Waals surface area (Å²) in [4.78, 5) is 58.3. The third kappa shape index (κ3) is 10.7. The lowest BCUT2D eigenvalue weighted by molar-refractivity contribution is -0.101. The Bertz CT molecular complexity index is 3450. The number of nitrogens with zero attached hydrogens (tertiary/aromatic N) is 4. The summed E-state index contributed by atoms with van der Waals surface area (Å²) in [7, 11) is -4.45. The first-order valence-electron chi connectivity index (χ1n) is 26.3. The summed E-state index contributed by atoms with van der Waals surface area (Å²) >= 11 is 0. The van der Waals surface area contributed by atoms with Gasteiger partial charge in [0.05, 0.1) is 41.8 Å². The number of carbonyl (C=O) groups is 3. The fraction of sp³-hybridized carbons (Fsp3) is 0.344. The van der Waals surface area contributed by atoms with Gasteiger partial charge in [0.2, 0.25) is 0 Å². The highest BCUT2D eigenvalue weighted by atomic mass is 28.4. The van der Waals surface area contributed by atoms with Crippen LogP contribution in [-0.2, 0) is 27.8 Å². The van der Waals surface area contributed by atoms with E-state index in [4.69, 9.17) is 42.8 Å². The van der Waals surface area contributed by atoms with Crippen LogP contribution in [-0.4, -0.2) is 85.1 Å². The molecule has 398 valence electrons. The number of hydrogen-bond donors (Lipinski definition) is 1. The molecule has 1 saturated heterocycles. The Labute approximate surface area is 451 Å². The third-order valence-electron chi connectivity index (χ3n) is 16.1. The van der Waals surface area contributed by atoms with Gasteiger partial charge < -0.3 is 33.1 Å². The molecule has 7 atom stereocenters. The molecule has 0 amide bonds. The van der Waals surface area contributed by atoms with Gasteiger partial charge in [-0.05, 0) is 99.8 Å². The predicted molar refractivity (Wildman–Crippen MR) is 303 cm³/mol. The van der Waals surface area contributed by atoms with Gasteiger partial charge in [-0.15, -0.1) is 0 Å². The van der Waals surface area contributed by atoms with Gasteiger partial charge in [0.1, 0.15) is 18.7 Å². The predicted octanol–water partition coefficient (Wildman–Crippen LogP) is 13.3. The molecule has 77 heavy (non-hydrogen) atoms. The van der Waals surface area contributed by atoms with Gasteiger partial charge in [-0.3, -0.25) is 4.57 Å². The van der Waals surface area contributed by atoms with E-state index in [1.807, 2.05) is 53.1 Å². The third-order valence-corrected chi connectivity index (χ3v) is 25.1. The van der Waals surface area contributed by atoms with Crippen LogP contribution in [0, 0.1) is 0 Å². The Hall–Kier alpha value is -7.09. The number of hydrogen-bond acceptors (Lipinski definition) is 13. The molecule has 3 heterocycles. The van der Waals surface area contributed by atoms with E-state index >= 15 is 0 Å². The Balaban J connectivity index is 1.12. The summed E-state index contributed by atoms with van der Waals surface area (Å²) in [6.45, 7) is 22.8. The molecule has 0 bridgehead atoms. The average molecular weight is 1070 g/mol. The van der Waals surface area contributed by atoms with Crippen LogP contribution in [0.25, 0.3) is 32.7 Å². The Morgan fingerprint density at radius 3 is 1.79 bits per heavy atom. The number of carbonyl (C=O) groups excluding carboxylic acids is 3. The molecule has 8 aromatic rings. The average Bonchev–Trinajstić information content (AvgIpc) is 4.12. The minimum Gasteiger partial charge on any atom is -0.452 e. The maximum Gasteiger partial charge on any atom is 0.338 e. The van der Waals surface area contributed by atoms with Crippen molar-refractivity contribution in [2.45, 2.75) is 127 Å². The number of benzene rings is 6. The normalized spacial score (nSPS) is 20.9. The molecule has 0 saturated carbocycles. The van der Waals surface area contributed by atoms with E-state index in [9.17, 15) is 14.4 Å². The number of esters is 3. The largest absolute Gasteiger partial charge is 0.452 e. The Kier molecular flexibility index (Phi) is 14.6. The summed E-state index contributed by atoms with van der Waals surface area (Å²) < 4.78 is 42.7. The van der Waals surface area contributed by atoms with Gasteiger partial charge in [-0.2, -0.15) is 0 Å². The Morgan fingerprint density at radius 2 is 1.18 bits per heavy atom. The van der Waals surface area contributed by atoms with Crippen molar-refractivity contribution >= 4 is 73.1 Å². The molecule has 10 rings (SSSR count). The molecule has 14 nitrogen and oxygen atoms in total. The summed E-state index contributed by atoms with van der Waals surface area (Å²) in [5.41, 5.74) is 2.86. The van der Waals surface area contributed by atoms with Gasteiger partial charge in [-0.1, -0.05) is 145 Å². The van der Waals surface area contributed by atoms with E-state index in [0.29, 0.717) is 41.1 Å². The molecule has 16 heteroatoms. The minimum absolute atomic E-state index is 0.00410. The molecule has 1 aliphatic heterocycles. The fourth-order valence-electron chi connectivity index (χ4n) is 9.79.